The molecule has 184 valence electrons. The number of hydrogen-bond acceptors (Lipinski definition) is 7. The van der Waals surface area contributed by atoms with Crippen molar-refractivity contribution in [3.63, 3.8) is 0 Å². The fraction of sp³-hybridized carbons (Fsp3) is 0.227. The van der Waals surface area contributed by atoms with Gasteiger partial charge in [-0.05, 0) is 43.7 Å². The summed E-state index contributed by atoms with van der Waals surface area (Å²) in [6.45, 7) is 2.22. The highest BCUT2D eigenvalue weighted by Gasteiger charge is 2.23. The van der Waals surface area contributed by atoms with Crippen LogP contribution in [0.3, 0.4) is 0 Å². The van der Waals surface area contributed by atoms with Crippen LogP contribution in [0.1, 0.15) is 33.3 Å². The smallest absolute Gasteiger partial charge is 0.274 e. The van der Waals surface area contributed by atoms with Gasteiger partial charge in [0.2, 0.25) is 12.7 Å². The van der Waals surface area contributed by atoms with Gasteiger partial charge in [0.1, 0.15) is 12.8 Å². The van der Waals surface area contributed by atoms with Crippen LogP contribution in [0.15, 0.2) is 41.7 Å². The van der Waals surface area contributed by atoms with E-state index < -0.39 is 24.7 Å². The number of anilines is 1. The van der Waals surface area contributed by atoms with Gasteiger partial charge in [-0.15, -0.1) is 5.10 Å². The van der Waals surface area contributed by atoms with Gasteiger partial charge in [-0.2, -0.15) is 0 Å². The molecule has 35 heavy (non-hydrogen) atoms. The average Bonchev–Trinajstić information content (AvgIpc) is 3.23. The highest BCUT2D eigenvalue weighted by atomic mass is 35.5. The summed E-state index contributed by atoms with van der Waals surface area (Å²) in [5.74, 6) is -1.22. The van der Waals surface area contributed by atoms with E-state index in [-0.39, 0.29) is 33.7 Å². The van der Waals surface area contributed by atoms with Gasteiger partial charge < -0.3 is 20.2 Å². The van der Waals surface area contributed by atoms with Crippen molar-refractivity contribution in [3.8, 4) is 11.7 Å². The first kappa shape index (κ1) is 25.9. The minimum absolute atomic E-state index is 0.0599. The minimum atomic E-state index is -1.15. The van der Waals surface area contributed by atoms with Gasteiger partial charge in [0.15, 0.2) is 5.82 Å². The number of pyridine rings is 1. The SMILES string of the molecule is CO/N=C/C(C)NC(=O)c1cc(Cl)cc(C)c1NC(=O)c1cc(OCF)nn1-c1ncccc1Cl. The summed E-state index contributed by atoms with van der Waals surface area (Å²) in [6, 6.07) is 6.93. The molecule has 1 aromatic carbocycles. The maximum absolute atomic E-state index is 13.3. The van der Waals surface area contributed by atoms with Crippen molar-refractivity contribution in [2.24, 2.45) is 5.16 Å². The van der Waals surface area contributed by atoms with Crippen molar-refractivity contribution in [1.29, 1.82) is 0 Å². The monoisotopic (exact) mass is 522 g/mol. The summed E-state index contributed by atoms with van der Waals surface area (Å²) >= 11 is 12.4. The molecule has 0 aliphatic carbocycles. The van der Waals surface area contributed by atoms with Crippen LogP contribution in [0.5, 0.6) is 5.88 Å². The predicted octanol–water partition coefficient (Wildman–Crippen LogP) is 4.19. The molecule has 3 aromatic rings. The number of rotatable bonds is 9. The van der Waals surface area contributed by atoms with E-state index in [2.05, 4.69) is 30.7 Å². The Hall–Kier alpha value is -3.70. The number of halogens is 3. The molecule has 0 bridgehead atoms. The molecule has 13 heteroatoms. The van der Waals surface area contributed by atoms with Gasteiger partial charge in [0.05, 0.1) is 28.5 Å². The van der Waals surface area contributed by atoms with Crippen molar-refractivity contribution in [1.82, 2.24) is 20.1 Å². The highest BCUT2D eigenvalue weighted by molar-refractivity contribution is 6.32. The number of alkyl halides is 1. The third-order valence-corrected chi connectivity index (χ3v) is 5.11. The number of ether oxygens (including phenoxy) is 1. The summed E-state index contributed by atoms with van der Waals surface area (Å²) < 4.78 is 18.7. The van der Waals surface area contributed by atoms with Crippen LogP contribution in [-0.4, -0.2) is 52.8 Å². The van der Waals surface area contributed by atoms with Crippen molar-refractivity contribution >= 4 is 46.9 Å². The number of benzene rings is 1. The average molecular weight is 523 g/mol. The van der Waals surface area contributed by atoms with E-state index in [0.29, 0.717) is 10.6 Å². The topological polar surface area (TPSA) is 120 Å². The van der Waals surface area contributed by atoms with E-state index in [1.807, 2.05) is 0 Å². The summed E-state index contributed by atoms with van der Waals surface area (Å²) in [5, 5.41) is 13.6. The second-order valence-electron chi connectivity index (χ2n) is 7.14. The normalized spacial score (nSPS) is 11.8. The van der Waals surface area contributed by atoms with Crippen LogP contribution in [0.25, 0.3) is 5.82 Å². The van der Waals surface area contributed by atoms with Crippen LogP contribution >= 0.6 is 23.2 Å². The quantitative estimate of drug-likeness (QED) is 0.321. The van der Waals surface area contributed by atoms with Crippen LogP contribution in [0.4, 0.5) is 10.1 Å². The van der Waals surface area contributed by atoms with Crippen molar-refractivity contribution in [3.05, 3.63) is 63.4 Å². The first-order valence-electron chi connectivity index (χ1n) is 10.1. The number of aryl methyl sites for hydroxylation is 1. The number of hydrogen-bond donors (Lipinski definition) is 2. The Labute approximate surface area is 210 Å². The van der Waals surface area contributed by atoms with Crippen LogP contribution in [0.2, 0.25) is 10.0 Å². The van der Waals surface area contributed by atoms with Crippen molar-refractivity contribution in [2.45, 2.75) is 19.9 Å². The fourth-order valence-electron chi connectivity index (χ4n) is 3.08. The van der Waals surface area contributed by atoms with E-state index >= 15 is 0 Å². The molecule has 3 rings (SSSR count). The second kappa shape index (κ2) is 11.6. The third-order valence-electron chi connectivity index (χ3n) is 4.59. The Kier molecular flexibility index (Phi) is 8.61. The van der Waals surface area contributed by atoms with E-state index in [1.54, 1.807) is 32.0 Å². The molecule has 0 aliphatic rings. The van der Waals surface area contributed by atoms with Gasteiger partial charge in [-0.1, -0.05) is 28.4 Å². The lowest BCUT2D eigenvalue weighted by Gasteiger charge is -2.16. The van der Waals surface area contributed by atoms with Crippen molar-refractivity contribution < 1.29 is 23.6 Å². The summed E-state index contributed by atoms with van der Waals surface area (Å²) in [5.41, 5.74) is 0.788. The summed E-state index contributed by atoms with van der Waals surface area (Å²) in [7, 11) is 1.38. The molecule has 0 aliphatic heterocycles. The Morgan fingerprint density at radius 2 is 2.06 bits per heavy atom. The van der Waals surface area contributed by atoms with Gasteiger partial charge in [0.25, 0.3) is 11.8 Å². The van der Waals surface area contributed by atoms with Crippen molar-refractivity contribution in [2.75, 3.05) is 19.3 Å². The lowest BCUT2D eigenvalue weighted by Crippen LogP contribution is -2.34. The Morgan fingerprint density at radius 3 is 2.74 bits per heavy atom. The molecule has 1 unspecified atom stereocenters. The number of carbonyl (C=O) groups is 2. The molecule has 0 fully saturated rings. The first-order chi connectivity index (χ1) is 16.7. The number of oxime groups is 1. The number of nitrogens with zero attached hydrogens (tertiary/aromatic N) is 4. The van der Waals surface area contributed by atoms with Crippen LogP contribution in [-0.2, 0) is 4.84 Å². The predicted molar refractivity (Wildman–Crippen MR) is 130 cm³/mol. The second-order valence-corrected chi connectivity index (χ2v) is 7.98. The summed E-state index contributed by atoms with van der Waals surface area (Å²) in [6.07, 6.45) is 2.86. The number of amides is 2. The first-order valence-corrected chi connectivity index (χ1v) is 10.9. The molecule has 0 spiro atoms. The summed E-state index contributed by atoms with van der Waals surface area (Å²) in [4.78, 5) is 35.0. The molecule has 0 radical (unpaired) electrons. The number of aromatic nitrogens is 3. The molecule has 0 saturated carbocycles. The lowest BCUT2D eigenvalue weighted by atomic mass is 10.1. The van der Waals surface area contributed by atoms with Crippen LogP contribution < -0.4 is 15.4 Å². The zero-order valence-electron chi connectivity index (χ0n) is 18.9. The fourth-order valence-corrected chi connectivity index (χ4v) is 3.56. The molecule has 2 N–H and O–H groups in total. The molecule has 10 nitrogen and oxygen atoms in total. The van der Waals surface area contributed by atoms with E-state index in [9.17, 15) is 14.0 Å². The third kappa shape index (κ3) is 6.25. The minimum Gasteiger partial charge on any atom is -0.445 e. The molecule has 1 atom stereocenters. The maximum Gasteiger partial charge on any atom is 0.274 e. The van der Waals surface area contributed by atoms with Gasteiger partial charge >= 0.3 is 0 Å². The molecule has 2 amide bonds. The maximum atomic E-state index is 13.3. The molecular formula is C22H21Cl2FN6O4. The van der Waals surface area contributed by atoms with E-state index in [1.165, 1.54) is 31.7 Å². The Morgan fingerprint density at radius 1 is 1.29 bits per heavy atom. The highest BCUT2D eigenvalue weighted by Crippen LogP contribution is 2.28. The van der Waals surface area contributed by atoms with Gasteiger partial charge in [0, 0.05) is 17.3 Å². The zero-order chi connectivity index (χ0) is 25.5. The zero-order valence-corrected chi connectivity index (χ0v) is 20.4. The lowest BCUT2D eigenvalue weighted by molar-refractivity contribution is 0.0950. The molecule has 2 aromatic heterocycles. The largest absolute Gasteiger partial charge is 0.445 e. The molecule has 2 heterocycles. The van der Waals surface area contributed by atoms with E-state index in [0.717, 1.165) is 4.68 Å². The number of nitrogens with one attached hydrogen (secondary N) is 2. The number of carbonyl (C=O) groups excluding carboxylic acids is 2. The Bertz CT molecular complexity index is 1270. The standard InChI is InChI=1S/C22H21Cl2FN6O4/c1-12-7-14(23)8-15(21(32)28-13(2)10-27-34-3)19(12)29-22(33)17-9-18(35-11-25)30-31(17)20-16(24)5-4-6-26-20/h4-10,13H,11H2,1-3H3,(H,28,32)(H,29,33)/b27-10+. The molecule has 0 saturated heterocycles. The van der Waals surface area contributed by atoms with Gasteiger partial charge in [-0.3, -0.25) is 9.59 Å². The molecular weight excluding hydrogens is 502 g/mol. The van der Waals surface area contributed by atoms with Gasteiger partial charge in [-0.25, -0.2) is 14.1 Å². The Balaban J connectivity index is 1.99. The van der Waals surface area contributed by atoms with E-state index in [4.69, 9.17) is 27.9 Å². The van der Waals surface area contributed by atoms with Crippen LogP contribution in [0, 0.1) is 6.92 Å².